The molecule has 1 aliphatic carbocycles. The third kappa shape index (κ3) is 4.50. The zero-order valence-electron chi connectivity index (χ0n) is 12.9. The Labute approximate surface area is 132 Å². The molecule has 3 N–H and O–H groups in total. The van der Waals surface area contributed by atoms with E-state index in [2.05, 4.69) is 23.5 Å². The zero-order chi connectivity index (χ0) is 15.2. The lowest BCUT2D eigenvalue weighted by molar-refractivity contribution is 0.308. The van der Waals surface area contributed by atoms with Crippen LogP contribution in [0.25, 0.3) is 0 Å². The van der Waals surface area contributed by atoms with Crippen LogP contribution in [0.5, 0.6) is 5.75 Å². The number of nitrogens with two attached hydrogens (primary N) is 1. The highest BCUT2D eigenvalue weighted by Crippen LogP contribution is 2.24. The van der Waals surface area contributed by atoms with Gasteiger partial charge in [0.1, 0.15) is 12.4 Å². The summed E-state index contributed by atoms with van der Waals surface area (Å²) in [5, 5.41) is 3.54. The minimum absolute atomic E-state index is 0.551. The fourth-order valence-corrected chi connectivity index (χ4v) is 2.51. The van der Waals surface area contributed by atoms with E-state index < -0.39 is 0 Å². The van der Waals surface area contributed by atoms with Gasteiger partial charge in [0.05, 0.1) is 5.69 Å². The molecule has 0 saturated heterocycles. The third-order valence-electron chi connectivity index (χ3n) is 3.96. The van der Waals surface area contributed by atoms with Gasteiger partial charge in [0.15, 0.2) is 0 Å². The van der Waals surface area contributed by atoms with Crippen LogP contribution in [0.3, 0.4) is 0 Å². The molecule has 2 aromatic rings. The van der Waals surface area contributed by atoms with Crippen molar-refractivity contribution in [1.82, 2.24) is 5.32 Å². The van der Waals surface area contributed by atoms with Gasteiger partial charge in [-0.15, -0.1) is 0 Å². The third-order valence-corrected chi connectivity index (χ3v) is 3.96. The van der Waals surface area contributed by atoms with Gasteiger partial charge in [0, 0.05) is 6.04 Å². The predicted octanol–water partition coefficient (Wildman–Crippen LogP) is 3.53. The summed E-state index contributed by atoms with van der Waals surface area (Å²) in [6.07, 6.45) is 4.91. The number of nitrogen functional groups attached to an aromatic ring is 1. The lowest BCUT2D eigenvalue weighted by Gasteiger charge is -2.11. The lowest BCUT2D eigenvalue weighted by atomic mass is 10.1. The van der Waals surface area contributed by atoms with E-state index in [-0.39, 0.29) is 0 Å². The molecule has 1 saturated carbocycles. The molecule has 22 heavy (non-hydrogen) atoms. The van der Waals surface area contributed by atoms with Crippen molar-refractivity contribution in [3.8, 4) is 5.75 Å². The minimum Gasteiger partial charge on any atom is -0.487 e. The van der Waals surface area contributed by atoms with Gasteiger partial charge >= 0.3 is 0 Å². The van der Waals surface area contributed by atoms with Gasteiger partial charge in [-0.05, 0) is 55.5 Å². The summed E-state index contributed by atoms with van der Waals surface area (Å²) >= 11 is 0. The van der Waals surface area contributed by atoms with Crippen molar-refractivity contribution in [2.45, 2.75) is 38.3 Å². The molecule has 0 spiro atoms. The molecule has 0 radical (unpaired) electrons. The molecular weight excluding hydrogens is 272 g/mol. The molecule has 1 fully saturated rings. The first-order chi connectivity index (χ1) is 10.8. The summed E-state index contributed by atoms with van der Waals surface area (Å²) in [5.74, 6) is 0.767. The van der Waals surface area contributed by atoms with Gasteiger partial charge in [-0.1, -0.05) is 36.4 Å². The van der Waals surface area contributed by atoms with Crippen LogP contribution < -0.4 is 15.8 Å². The molecule has 3 nitrogen and oxygen atoms in total. The smallest absolute Gasteiger partial charge is 0.142 e. The molecule has 0 amide bonds. The van der Waals surface area contributed by atoms with E-state index in [9.17, 15) is 0 Å². The van der Waals surface area contributed by atoms with Crippen molar-refractivity contribution in [1.29, 1.82) is 0 Å². The second kappa shape index (κ2) is 7.32. The SMILES string of the molecule is Nc1cc(CCCNC2CC2)ccc1OCc1ccccc1. The highest BCUT2D eigenvalue weighted by atomic mass is 16.5. The summed E-state index contributed by atoms with van der Waals surface area (Å²) in [6.45, 7) is 1.65. The van der Waals surface area contributed by atoms with Crippen LogP contribution in [0, 0.1) is 0 Å². The number of rotatable bonds is 8. The summed E-state index contributed by atoms with van der Waals surface area (Å²) in [4.78, 5) is 0. The molecule has 0 heterocycles. The average molecular weight is 296 g/mol. The molecule has 3 heteroatoms. The Balaban J connectivity index is 1.48. The first kappa shape index (κ1) is 14.9. The van der Waals surface area contributed by atoms with E-state index in [0.717, 1.165) is 42.4 Å². The quantitative estimate of drug-likeness (QED) is 0.578. The lowest BCUT2D eigenvalue weighted by Crippen LogP contribution is -2.17. The maximum absolute atomic E-state index is 6.11. The van der Waals surface area contributed by atoms with Crippen molar-refractivity contribution < 1.29 is 4.74 Å². The van der Waals surface area contributed by atoms with Gasteiger partial charge < -0.3 is 15.8 Å². The van der Waals surface area contributed by atoms with Crippen molar-refractivity contribution in [2.75, 3.05) is 12.3 Å². The first-order valence-corrected chi connectivity index (χ1v) is 8.10. The molecule has 3 rings (SSSR count). The Bertz CT molecular complexity index is 594. The molecule has 0 aliphatic heterocycles. The summed E-state index contributed by atoms with van der Waals surface area (Å²) < 4.78 is 5.81. The molecule has 116 valence electrons. The van der Waals surface area contributed by atoms with Gasteiger partial charge in [-0.25, -0.2) is 0 Å². The van der Waals surface area contributed by atoms with E-state index >= 15 is 0 Å². The van der Waals surface area contributed by atoms with Crippen LogP contribution in [0.1, 0.15) is 30.4 Å². The highest BCUT2D eigenvalue weighted by Gasteiger charge is 2.19. The molecule has 0 unspecified atom stereocenters. The normalized spacial score (nSPS) is 14.0. The number of hydrogen-bond donors (Lipinski definition) is 2. The van der Waals surface area contributed by atoms with Crippen LogP contribution in [0.15, 0.2) is 48.5 Å². The zero-order valence-corrected chi connectivity index (χ0v) is 12.9. The number of aryl methyl sites for hydroxylation is 1. The maximum atomic E-state index is 6.11. The van der Waals surface area contributed by atoms with Gasteiger partial charge in [-0.2, -0.15) is 0 Å². The summed E-state index contributed by atoms with van der Waals surface area (Å²) in [7, 11) is 0. The van der Waals surface area contributed by atoms with Crippen LogP contribution in [-0.4, -0.2) is 12.6 Å². The van der Waals surface area contributed by atoms with E-state index in [1.807, 2.05) is 30.3 Å². The first-order valence-electron chi connectivity index (χ1n) is 8.10. The van der Waals surface area contributed by atoms with Gasteiger partial charge in [0.2, 0.25) is 0 Å². The second-order valence-corrected chi connectivity index (χ2v) is 5.98. The monoisotopic (exact) mass is 296 g/mol. The average Bonchev–Trinajstić information content (AvgIpc) is 3.36. The Morgan fingerprint density at radius 3 is 2.59 bits per heavy atom. The highest BCUT2D eigenvalue weighted by molar-refractivity contribution is 5.54. The fourth-order valence-electron chi connectivity index (χ4n) is 2.51. The number of benzene rings is 2. The number of ether oxygens (including phenoxy) is 1. The van der Waals surface area contributed by atoms with Gasteiger partial charge in [-0.3, -0.25) is 0 Å². The molecule has 0 atom stereocenters. The number of hydrogen-bond acceptors (Lipinski definition) is 3. The van der Waals surface area contributed by atoms with E-state index in [1.54, 1.807) is 0 Å². The summed E-state index contributed by atoms with van der Waals surface area (Å²) in [6, 6.07) is 17.1. The predicted molar refractivity (Wildman–Crippen MR) is 91.0 cm³/mol. The van der Waals surface area contributed by atoms with Crippen molar-refractivity contribution in [3.05, 3.63) is 59.7 Å². The van der Waals surface area contributed by atoms with Gasteiger partial charge in [0.25, 0.3) is 0 Å². The van der Waals surface area contributed by atoms with E-state index in [4.69, 9.17) is 10.5 Å². The van der Waals surface area contributed by atoms with Crippen LogP contribution in [0.4, 0.5) is 5.69 Å². The molecule has 2 aromatic carbocycles. The Morgan fingerprint density at radius 1 is 1.05 bits per heavy atom. The minimum atomic E-state index is 0.551. The van der Waals surface area contributed by atoms with E-state index in [0.29, 0.717) is 6.61 Å². The Hall–Kier alpha value is -2.00. The van der Waals surface area contributed by atoms with Crippen molar-refractivity contribution >= 4 is 5.69 Å². The van der Waals surface area contributed by atoms with E-state index in [1.165, 1.54) is 18.4 Å². The molecular formula is C19H24N2O. The van der Waals surface area contributed by atoms with Crippen LogP contribution in [-0.2, 0) is 13.0 Å². The fraction of sp³-hybridized carbons (Fsp3) is 0.368. The maximum Gasteiger partial charge on any atom is 0.142 e. The molecule has 1 aliphatic rings. The van der Waals surface area contributed by atoms with Crippen LogP contribution >= 0.6 is 0 Å². The van der Waals surface area contributed by atoms with Crippen molar-refractivity contribution in [3.63, 3.8) is 0 Å². The topological polar surface area (TPSA) is 47.3 Å². The largest absolute Gasteiger partial charge is 0.487 e. The Kier molecular flexibility index (Phi) is 4.96. The van der Waals surface area contributed by atoms with Crippen molar-refractivity contribution in [2.24, 2.45) is 0 Å². The second-order valence-electron chi connectivity index (χ2n) is 5.98. The molecule has 0 bridgehead atoms. The standard InChI is InChI=1S/C19H24N2O/c20-18-13-15(7-4-12-21-17-9-10-17)8-11-19(18)22-14-16-5-2-1-3-6-16/h1-3,5-6,8,11,13,17,21H,4,7,9-10,12,14,20H2. The van der Waals surface area contributed by atoms with Crippen LogP contribution in [0.2, 0.25) is 0 Å². The number of nitrogens with one attached hydrogen (secondary N) is 1. The molecule has 0 aromatic heterocycles. The number of anilines is 1. The Morgan fingerprint density at radius 2 is 1.86 bits per heavy atom. The summed E-state index contributed by atoms with van der Waals surface area (Å²) in [5.41, 5.74) is 9.26.